The number of fused-ring (bicyclic) bond motifs is 5. The van der Waals surface area contributed by atoms with Crippen molar-refractivity contribution in [1.82, 2.24) is 14.0 Å². The lowest BCUT2D eigenvalue weighted by Crippen LogP contribution is -2.01. The third kappa shape index (κ3) is 2.96. The number of hydrogen-bond donors (Lipinski definition) is 0. The highest BCUT2D eigenvalue weighted by atomic mass is 79.9. The Morgan fingerprint density at radius 3 is 2.42 bits per heavy atom. The highest BCUT2D eigenvalue weighted by molar-refractivity contribution is 9.10. The molecule has 0 aliphatic heterocycles. The van der Waals surface area contributed by atoms with Crippen molar-refractivity contribution in [2.24, 2.45) is 0 Å². The Morgan fingerprint density at radius 2 is 1.61 bits per heavy atom. The lowest BCUT2D eigenvalue weighted by molar-refractivity contribution is 0.626. The lowest BCUT2D eigenvalue weighted by Gasteiger charge is -2.09. The predicted octanol–water partition coefficient (Wildman–Crippen LogP) is 7.06. The Balaban J connectivity index is 1.63. The molecule has 0 saturated carbocycles. The van der Waals surface area contributed by atoms with E-state index in [1.54, 1.807) is 0 Å². The van der Waals surface area contributed by atoms with E-state index in [4.69, 9.17) is 4.98 Å². The van der Waals surface area contributed by atoms with Gasteiger partial charge in [-0.25, -0.2) is 9.37 Å². The van der Waals surface area contributed by atoms with Gasteiger partial charge in [0.25, 0.3) is 0 Å². The minimum Gasteiger partial charge on any atom is -0.333 e. The van der Waals surface area contributed by atoms with Crippen LogP contribution in [0.4, 0.5) is 4.39 Å². The summed E-state index contributed by atoms with van der Waals surface area (Å²) in [6.45, 7) is 0.643. The number of rotatable bonds is 3. The molecule has 31 heavy (non-hydrogen) atoms. The number of hydrogen-bond acceptors (Lipinski definition) is 1. The van der Waals surface area contributed by atoms with Gasteiger partial charge >= 0.3 is 0 Å². The van der Waals surface area contributed by atoms with Gasteiger partial charge in [0.2, 0.25) is 0 Å². The second-order valence-corrected chi connectivity index (χ2v) is 8.57. The average molecular weight is 470 g/mol. The van der Waals surface area contributed by atoms with Crippen molar-refractivity contribution in [3.8, 4) is 11.3 Å². The highest BCUT2D eigenvalue weighted by Gasteiger charge is 2.17. The van der Waals surface area contributed by atoms with Gasteiger partial charge in [0, 0.05) is 39.1 Å². The van der Waals surface area contributed by atoms with Gasteiger partial charge in [0.15, 0.2) is 5.65 Å². The molecule has 3 nitrogen and oxygen atoms in total. The first-order valence-electron chi connectivity index (χ1n) is 10.1. The minimum absolute atomic E-state index is 0.222. The van der Waals surface area contributed by atoms with E-state index in [0.717, 1.165) is 43.4 Å². The topological polar surface area (TPSA) is 22.2 Å². The Kier molecular flexibility index (Phi) is 4.18. The van der Waals surface area contributed by atoms with Crippen LogP contribution in [0.1, 0.15) is 5.56 Å². The normalized spacial score (nSPS) is 11.7. The molecule has 150 valence electrons. The van der Waals surface area contributed by atoms with Gasteiger partial charge in [-0.1, -0.05) is 58.4 Å². The van der Waals surface area contributed by atoms with Crippen molar-refractivity contribution in [2.45, 2.75) is 6.54 Å². The molecule has 3 aromatic carbocycles. The van der Waals surface area contributed by atoms with E-state index >= 15 is 0 Å². The molecule has 0 fully saturated rings. The third-order valence-corrected chi connectivity index (χ3v) is 6.33. The zero-order valence-electron chi connectivity index (χ0n) is 16.5. The smallest absolute Gasteiger partial charge is 0.161 e. The van der Waals surface area contributed by atoms with Gasteiger partial charge in [0.05, 0.1) is 17.4 Å². The van der Waals surface area contributed by atoms with Gasteiger partial charge in [-0.05, 0) is 42.0 Å². The molecule has 0 aliphatic rings. The summed E-state index contributed by atoms with van der Waals surface area (Å²) >= 11 is 3.51. The van der Waals surface area contributed by atoms with Crippen molar-refractivity contribution in [1.29, 1.82) is 0 Å². The van der Waals surface area contributed by atoms with Crippen LogP contribution < -0.4 is 0 Å². The fourth-order valence-electron chi connectivity index (χ4n) is 4.35. The molecule has 0 N–H and O–H groups in total. The van der Waals surface area contributed by atoms with E-state index in [2.05, 4.69) is 73.6 Å². The summed E-state index contributed by atoms with van der Waals surface area (Å²) in [4.78, 5) is 4.83. The first-order chi connectivity index (χ1) is 15.2. The number of nitrogens with zero attached hydrogens (tertiary/aromatic N) is 3. The summed E-state index contributed by atoms with van der Waals surface area (Å²) in [6.07, 6.45) is 4.02. The number of halogens is 2. The van der Waals surface area contributed by atoms with Gasteiger partial charge in [-0.15, -0.1) is 0 Å². The standard InChI is InChI=1S/C26H17BrFN3/c27-19-9-7-18(8-10-19)24-15-29-26-25-22(13-14-30(24)26)21-3-1-2-4-23(21)31(25)16-17-5-11-20(28)12-6-17/h1-15H,16H2. The molecule has 0 radical (unpaired) electrons. The quantitative estimate of drug-likeness (QED) is 0.272. The molecule has 0 saturated heterocycles. The lowest BCUT2D eigenvalue weighted by atomic mass is 10.1. The van der Waals surface area contributed by atoms with Crippen LogP contribution in [0.3, 0.4) is 0 Å². The molecule has 0 bridgehead atoms. The van der Waals surface area contributed by atoms with Crippen molar-refractivity contribution in [2.75, 3.05) is 0 Å². The van der Waals surface area contributed by atoms with Crippen LogP contribution >= 0.6 is 15.9 Å². The average Bonchev–Trinajstić information content (AvgIpc) is 3.36. The van der Waals surface area contributed by atoms with Gasteiger partial charge in [0.1, 0.15) is 5.82 Å². The highest BCUT2D eigenvalue weighted by Crippen LogP contribution is 2.34. The van der Waals surface area contributed by atoms with E-state index in [-0.39, 0.29) is 5.82 Å². The number of pyridine rings is 1. The maximum absolute atomic E-state index is 13.4. The largest absolute Gasteiger partial charge is 0.333 e. The molecule has 0 amide bonds. The van der Waals surface area contributed by atoms with E-state index in [9.17, 15) is 4.39 Å². The number of aromatic nitrogens is 3. The van der Waals surface area contributed by atoms with E-state index < -0.39 is 0 Å². The number of imidazole rings is 1. The summed E-state index contributed by atoms with van der Waals surface area (Å²) in [5.74, 6) is -0.222. The minimum atomic E-state index is -0.222. The Morgan fingerprint density at radius 1 is 0.839 bits per heavy atom. The molecular weight excluding hydrogens is 453 g/mol. The van der Waals surface area contributed by atoms with Crippen molar-refractivity contribution < 1.29 is 4.39 Å². The maximum Gasteiger partial charge on any atom is 0.161 e. The van der Waals surface area contributed by atoms with Gasteiger partial charge in [-0.3, -0.25) is 4.40 Å². The molecule has 6 rings (SSSR count). The summed E-state index contributed by atoms with van der Waals surface area (Å²) in [6, 6.07) is 25.5. The molecule has 0 aliphatic carbocycles. The number of para-hydroxylation sites is 1. The van der Waals surface area contributed by atoms with Crippen LogP contribution in [0, 0.1) is 5.82 Å². The first-order valence-corrected chi connectivity index (χ1v) is 10.9. The molecule has 6 aromatic rings. The molecule has 3 aromatic heterocycles. The zero-order chi connectivity index (χ0) is 20.9. The predicted molar refractivity (Wildman–Crippen MR) is 127 cm³/mol. The van der Waals surface area contributed by atoms with E-state index in [1.807, 2.05) is 30.5 Å². The summed E-state index contributed by atoms with van der Waals surface area (Å²) in [7, 11) is 0. The van der Waals surface area contributed by atoms with Crippen molar-refractivity contribution in [3.63, 3.8) is 0 Å². The molecule has 3 heterocycles. The second-order valence-electron chi connectivity index (χ2n) is 7.65. The van der Waals surface area contributed by atoms with E-state index in [0.29, 0.717) is 6.54 Å². The van der Waals surface area contributed by atoms with Crippen molar-refractivity contribution in [3.05, 3.63) is 107 Å². The molecule has 0 atom stereocenters. The summed E-state index contributed by atoms with van der Waals surface area (Å²) in [5, 5.41) is 2.36. The third-order valence-electron chi connectivity index (χ3n) is 5.80. The van der Waals surface area contributed by atoms with Crippen molar-refractivity contribution >= 4 is 43.4 Å². The Hall–Kier alpha value is -3.44. The summed E-state index contributed by atoms with van der Waals surface area (Å²) in [5.41, 5.74) is 6.33. The molecular formula is C26H17BrFN3. The molecule has 0 spiro atoms. The van der Waals surface area contributed by atoms with Crippen LogP contribution in [-0.4, -0.2) is 14.0 Å². The van der Waals surface area contributed by atoms with Crippen LogP contribution in [0.5, 0.6) is 0 Å². The van der Waals surface area contributed by atoms with Crippen LogP contribution in [0.15, 0.2) is 95.7 Å². The zero-order valence-corrected chi connectivity index (χ0v) is 18.1. The molecule has 0 unspecified atom stereocenters. The first kappa shape index (κ1) is 18.3. The van der Waals surface area contributed by atoms with Gasteiger partial charge < -0.3 is 4.57 Å². The van der Waals surface area contributed by atoms with Crippen LogP contribution in [0.25, 0.3) is 38.7 Å². The second kappa shape index (κ2) is 7.06. The number of benzene rings is 3. The fraction of sp³-hybridized carbons (Fsp3) is 0.0385. The monoisotopic (exact) mass is 469 g/mol. The molecule has 5 heteroatoms. The van der Waals surface area contributed by atoms with Crippen LogP contribution in [-0.2, 0) is 6.54 Å². The maximum atomic E-state index is 13.4. The van der Waals surface area contributed by atoms with Crippen LogP contribution in [0.2, 0.25) is 0 Å². The van der Waals surface area contributed by atoms with E-state index in [1.165, 1.54) is 17.5 Å². The van der Waals surface area contributed by atoms with Gasteiger partial charge in [-0.2, -0.15) is 0 Å². The summed E-state index contributed by atoms with van der Waals surface area (Å²) < 4.78 is 18.9. The Bertz CT molecular complexity index is 1560. The Labute approximate surface area is 186 Å². The fourth-order valence-corrected chi connectivity index (χ4v) is 4.61. The SMILES string of the molecule is Fc1ccc(Cn2c3ccccc3c3ccn4c(-c5ccc(Br)cc5)cnc4c32)cc1.